The molecule has 1 heterocycles. The summed E-state index contributed by atoms with van der Waals surface area (Å²) in [6, 6.07) is 6.16. The Hall–Kier alpha value is -1.85. The van der Waals surface area contributed by atoms with Crippen LogP contribution in [0.15, 0.2) is 36.0 Å². The van der Waals surface area contributed by atoms with E-state index < -0.39 is 6.17 Å². The fourth-order valence-electron chi connectivity index (χ4n) is 1.63. The highest BCUT2D eigenvalue weighted by molar-refractivity contribution is 6.30. The van der Waals surface area contributed by atoms with Gasteiger partial charge in [-0.05, 0) is 24.3 Å². The van der Waals surface area contributed by atoms with Gasteiger partial charge in [-0.1, -0.05) is 11.6 Å². The number of amides is 2. The van der Waals surface area contributed by atoms with Crippen LogP contribution in [0.25, 0.3) is 0 Å². The van der Waals surface area contributed by atoms with Crippen molar-refractivity contribution in [3.63, 3.8) is 0 Å². The first-order valence-corrected chi connectivity index (χ1v) is 5.67. The van der Waals surface area contributed by atoms with Gasteiger partial charge in [0.2, 0.25) is 0 Å². The molecule has 1 aliphatic rings. The molecule has 5 nitrogen and oxygen atoms in total. The van der Waals surface area contributed by atoms with Gasteiger partial charge in [-0.15, -0.1) is 0 Å². The summed E-state index contributed by atoms with van der Waals surface area (Å²) in [4.78, 5) is 24.8. The average Bonchev–Trinajstić information content (AvgIpc) is 2.36. The third kappa shape index (κ3) is 2.23. The minimum absolute atomic E-state index is 0.231. The van der Waals surface area contributed by atoms with Gasteiger partial charge >= 0.3 is 6.03 Å². The summed E-state index contributed by atoms with van der Waals surface area (Å²) in [5.74, 6) is -0.231. The third-order valence-electron chi connectivity index (χ3n) is 2.78. The first kappa shape index (κ1) is 12.6. The highest BCUT2D eigenvalue weighted by Crippen LogP contribution is 2.17. The number of halogens is 1. The van der Waals surface area contributed by atoms with Crippen molar-refractivity contribution < 1.29 is 9.59 Å². The number of nitrogens with one attached hydrogen (secondary N) is 1. The Labute approximate surface area is 109 Å². The number of ketones is 1. The molecule has 18 heavy (non-hydrogen) atoms. The highest BCUT2D eigenvalue weighted by atomic mass is 35.5. The fraction of sp³-hybridized carbons (Fsp3) is 0.167. The van der Waals surface area contributed by atoms with E-state index in [4.69, 9.17) is 17.3 Å². The number of likely N-dealkylation sites (N-methyl/N-ethyl adjacent to an activating group) is 1. The van der Waals surface area contributed by atoms with Crippen molar-refractivity contribution in [2.75, 3.05) is 7.05 Å². The largest absolute Gasteiger partial charge is 0.322 e. The molecule has 0 radical (unpaired) electrons. The summed E-state index contributed by atoms with van der Waals surface area (Å²) in [5.41, 5.74) is 6.64. The Balaban J connectivity index is 2.29. The minimum Gasteiger partial charge on any atom is -0.314 e. The molecule has 0 fully saturated rings. The zero-order valence-corrected chi connectivity index (χ0v) is 10.4. The van der Waals surface area contributed by atoms with Gasteiger partial charge in [0, 0.05) is 23.8 Å². The van der Waals surface area contributed by atoms with Crippen molar-refractivity contribution in [3.05, 3.63) is 46.6 Å². The number of Topliss-reactive ketones (excluding diaryl/α,β-unsaturated/α-hetero) is 1. The van der Waals surface area contributed by atoms with Gasteiger partial charge in [0.1, 0.15) is 6.17 Å². The molecule has 94 valence electrons. The summed E-state index contributed by atoms with van der Waals surface area (Å²) < 4.78 is 0. The quantitative estimate of drug-likeness (QED) is 0.793. The smallest absolute Gasteiger partial charge is 0.314 e. The number of nitrogens with two attached hydrogens (primary N) is 1. The second kappa shape index (κ2) is 4.80. The maximum absolute atomic E-state index is 12.2. The molecule has 2 rings (SSSR count). The topological polar surface area (TPSA) is 75.4 Å². The summed E-state index contributed by atoms with van der Waals surface area (Å²) in [6.07, 6.45) is 0.603. The second-order valence-electron chi connectivity index (χ2n) is 3.94. The van der Waals surface area contributed by atoms with E-state index in [2.05, 4.69) is 5.32 Å². The molecule has 0 aliphatic carbocycles. The predicted octanol–water partition coefficient (Wildman–Crippen LogP) is 1.35. The Kier molecular flexibility index (Phi) is 3.36. The van der Waals surface area contributed by atoms with Crippen LogP contribution in [-0.2, 0) is 0 Å². The molecule has 0 saturated carbocycles. The molecular formula is C12H12ClN3O2. The average molecular weight is 266 g/mol. The van der Waals surface area contributed by atoms with Gasteiger partial charge in [0.25, 0.3) is 0 Å². The molecule has 1 aromatic rings. The summed E-state index contributed by atoms with van der Waals surface area (Å²) >= 11 is 5.76. The van der Waals surface area contributed by atoms with Crippen LogP contribution >= 0.6 is 11.6 Å². The monoisotopic (exact) mass is 265 g/mol. The molecule has 1 aromatic carbocycles. The second-order valence-corrected chi connectivity index (χ2v) is 4.38. The number of hydrogen-bond acceptors (Lipinski definition) is 3. The van der Waals surface area contributed by atoms with Crippen LogP contribution in [0.4, 0.5) is 4.79 Å². The Morgan fingerprint density at radius 3 is 2.61 bits per heavy atom. The summed E-state index contributed by atoms with van der Waals surface area (Å²) in [7, 11) is 1.53. The van der Waals surface area contributed by atoms with Gasteiger partial charge in [0.05, 0.1) is 5.57 Å². The lowest BCUT2D eigenvalue weighted by molar-refractivity contribution is 0.101. The lowest BCUT2D eigenvalue weighted by atomic mass is 10.0. The Morgan fingerprint density at radius 1 is 1.39 bits per heavy atom. The van der Waals surface area contributed by atoms with Crippen molar-refractivity contribution in [2.45, 2.75) is 6.17 Å². The van der Waals surface area contributed by atoms with Crippen LogP contribution in [-0.4, -0.2) is 29.9 Å². The first-order chi connectivity index (χ1) is 8.50. The lowest BCUT2D eigenvalue weighted by Crippen LogP contribution is -2.53. The molecule has 1 atom stereocenters. The zero-order chi connectivity index (χ0) is 13.3. The van der Waals surface area contributed by atoms with Gasteiger partial charge in [-0.3, -0.25) is 4.79 Å². The SMILES string of the molecule is CN1C(=O)NC=C(C(=O)c2ccc(Cl)cc2)C1N. The van der Waals surface area contributed by atoms with Crippen LogP contribution in [0.2, 0.25) is 5.02 Å². The molecular weight excluding hydrogens is 254 g/mol. The van der Waals surface area contributed by atoms with Crippen LogP contribution in [0, 0.1) is 0 Å². The van der Waals surface area contributed by atoms with Gasteiger partial charge < -0.3 is 16.0 Å². The number of nitrogens with zero attached hydrogens (tertiary/aromatic N) is 1. The van der Waals surface area contributed by atoms with E-state index in [1.165, 1.54) is 18.1 Å². The van der Waals surface area contributed by atoms with Crippen molar-refractivity contribution in [3.8, 4) is 0 Å². The maximum Gasteiger partial charge on any atom is 0.322 e. The zero-order valence-electron chi connectivity index (χ0n) is 9.68. The molecule has 2 amide bonds. The van der Waals surface area contributed by atoms with Gasteiger partial charge in [0.15, 0.2) is 5.78 Å². The molecule has 3 N–H and O–H groups in total. The van der Waals surface area contributed by atoms with Gasteiger partial charge in [-0.2, -0.15) is 0 Å². The molecule has 6 heteroatoms. The third-order valence-corrected chi connectivity index (χ3v) is 3.03. The number of rotatable bonds is 2. The molecule has 1 unspecified atom stereocenters. The van der Waals surface area contributed by atoms with Crippen LogP contribution < -0.4 is 11.1 Å². The van der Waals surface area contributed by atoms with E-state index in [9.17, 15) is 9.59 Å². The Bertz CT molecular complexity index is 525. The fourth-order valence-corrected chi connectivity index (χ4v) is 1.76. The first-order valence-electron chi connectivity index (χ1n) is 5.30. The number of hydrogen-bond donors (Lipinski definition) is 2. The van der Waals surface area contributed by atoms with Crippen molar-refractivity contribution in [2.24, 2.45) is 5.73 Å². The van der Waals surface area contributed by atoms with Crippen LogP contribution in [0.1, 0.15) is 10.4 Å². The van der Waals surface area contributed by atoms with Crippen molar-refractivity contribution in [1.29, 1.82) is 0 Å². The van der Waals surface area contributed by atoms with Crippen molar-refractivity contribution in [1.82, 2.24) is 10.2 Å². The van der Waals surface area contributed by atoms with Crippen LogP contribution in [0.3, 0.4) is 0 Å². The molecule has 1 aliphatic heterocycles. The molecule has 0 bridgehead atoms. The van der Waals surface area contributed by atoms with E-state index in [0.29, 0.717) is 16.2 Å². The van der Waals surface area contributed by atoms with E-state index in [0.717, 1.165) is 0 Å². The maximum atomic E-state index is 12.2. The Morgan fingerprint density at radius 2 is 2.00 bits per heavy atom. The lowest BCUT2D eigenvalue weighted by Gasteiger charge is -2.29. The van der Waals surface area contributed by atoms with E-state index in [1.807, 2.05) is 0 Å². The number of benzene rings is 1. The van der Waals surface area contributed by atoms with E-state index in [-0.39, 0.29) is 11.8 Å². The highest BCUT2D eigenvalue weighted by Gasteiger charge is 2.28. The number of carbonyl (C=O) groups is 2. The van der Waals surface area contributed by atoms with Crippen LogP contribution in [0.5, 0.6) is 0 Å². The summed E-state index contributed by atoms with van der Waals surface area (Å²) in [5, 5.41) is 3.03. The van der Waals surface area contributed by atoms with Crippen molar-refractivity contribution >= 4 is 23.4 Å². The van der Waals surface area contributed by atoms with E-state index in [1.54, 1.807) is 24.3 Å². The predicted molar refractivity (Wildman–Crippen MR) is 68.1 cm³/mol. The van der Waals surface area contributed by atoms with E-state index >= 15 is 0 Å². The summed E-state index contributed by atoms with van der Waals surface area (Å²) in [6.45, 7) is 0. The standard InChI is InChI=1S/C12H12ClN3O2/c1-16-11(14)9(6-15-12(16)18)10(17)7-2-4-8(13)5-3-7/h2-6,11H,14H2,1H3,(H,15,18). The normalized spacial score (nSPS) is 19.3. The number of carbonyl (C=O) groups excluding carboxylic acids is 2. The number of urea groups is 1. The van der Waals surface area contributed by atoms with Gasteiger partial charge in [-0.25, -0.2) is 4.79 Å². The molecule has 0 saturated heterocycles. The molecule has 0 aromatic heterocycles. The minimum atomic E-state index is -0.748. The molecule has 0 spiro atoms.